The third-order valence-electron chi connectivity index (χ3n) is 7.78. The summed E-state index contributed by atoms with van der Waals surface area (Å²) < 4.78 is 13.1. The standard InChI is InChI=1S/C33H49NO4Si/c1-24(2)29(31(36)37-32(3,4)5)34(9)30(35)25-17-16-18-26(23-25)38-39(33(6,7)8,27-19-12-10-13-20-27)28-21-14-11-15-22-28/h10-15,19-22,24-26,29H,16-18,23H2,1-9H3/t25?,26?,29-/m0/s1. The molecule has 0 N–H and O–H groups in total. The molecule has 0 aromatic heterocycles. The third-order valence-corrected chi connectivity index (χ3v) is 12.9. The largest absolute Gasteiger partial charge is 0.458 e. The highest BCUT2D eigenvalue weighted by Crippen LogP contribution is 2.40. The molecule has 0 heterocycles. The number of hydrogen-bond donors (Lipinski definition) is 0. The fourth-order valence-electron chi connectivity index (χ4n) is 6.08. The highest BCUT2D eigenvalue weighted by atomic mass is 28.4. The van der Waals surface area contributed by atoms with Gasteiger partial charge in [0, 0.05) is 19.1 Å². The van der Waals surface area contributed by atoms with E-state index in [2.05, 4.69) is 81.4 Å². The molecule has 1 fully saturated rings. The van der Waals surface area contributed by atoms with E-state index in [9.17, 15) is 9.59 Å². The Morgan fingerprint density at radius 1 is 0.872 bits per heavy atom. The summed E-state index contributed by atoms with van der Waals surface area (Å²) in [5.41, 5.74) is -0.603. The van der Waals surface area contributed by atoms with Gasteiger partial charge in [0.15, 0.2) is 0 Å². The van der Waals surface area contributed by atoms with Crippen molar-refractivity contribution >= 4 is 30.6 Å². The molecule has 5 nitrogen and oxygen atoms in total. The molecule has 2 aromatic carbocycles. The summed E-state index contributed by atoms with van der Waals surface area (Å²) in [6.45, 7) is 16.4. The van der Waals surface area contributed by atoms with Crippen LogP contribution >= 0.6 is 0 Å². The molecule has 1 amide bonds. The minimum Gasteiger partial charge on any atom is -0.458 e. The van der Waals surface area contributed by atoms with Crippen LogP contribution < -0.4 is 10.4 Å². The van der Waals surface area contributed by atoms with E-state index in [4.69, 9.17) is 9.16 Å². The Bertz CT molecular complexity index is 1050. The van der Waals surface area contributed by atoms with Crippen molar-refractivity contribution < 1.29 is 18.8 Å². The van der Waals surface area contributed by atoms with Crippen molar-refractivity contribution in [2.45, 2.75) is 104 Å². The van der Waals surface area contributed by atoms with Gasteiger partial charge in [-0.05, 0) is 61.4 Å². The van der Waals surface area contributed by atoms with E-state index < -0.39 is 20.0 Å². The zero-order valence-corrected chi connectivity index (χ0v) is 26.5. The maximum absolute atomic E-state index is 13.8. The minimum absolute atomic E-state index is 0.00954. The highest BCUT2D eigenvalue weighted by molar-refractivity contribution is 6.99. The van der Waals surface area contributed by atoms with E-state index in [1.807, 2.05) is 34.6 Å². The van der Waals surface area contributed by atoms with Gasteiger partial charge in [-0.15, -0.1) is 0 Å². The average molecular weight is 552 g/mol. The molecule has 1 saturated carbocycles. The summed E-state index contributed by atoms with van der Waals surface area (Å²) in [6, 6.07) is 20.7. The van der Waals surface area contributed by atoms with Gasteiger partial charge >= 0.3 is 5.97 Å². The van der Waals surface area contributed by atoms with Gasteiger partial charge in [-0.25, -0.2) is 4.79 Å². The van der Waals surface area contributed by atoms with E-state index in [0.29, 0.717) is 6.42 Å². The van der Waals surface area contributed by atoms with Crippen LogP contribution in [0.2, 0.25) is 5.04 Å². The van der Waals surface area contributed by atoms with Crippen LogP contribution in [-0.2, 0) is 18.8 Å². The molecule has 0 radical (unpaired) electrons. The summed E-state index contributed by atoms with van der Waals surface area (Å²) in [6.07, 6.45) is 3.28. The van der Waals surface area contributed by atoms with Crippen molar-refractivity contribution in [1.29, 1.82) is 0 Å². The molecule has 2 unspecified atom stereocenters. The van der Waals surface area contributed by atoms with Crippen molar-refractivity contribution in [3.63, 3.8) is 0 Å². The maximum Gasteiger partial charge on any atom is 0.329 e. The van der Waals surface area contributed by atoms with Gasteiger partial charge < -0.3 is 14.1 Å². The maximum atomic E-state index is 13.8. The third kappa shape index (κ3) is 7.20. The number of amides is 1. The predicted octanol–water partition coefficient (Wildman–Crippen LogP) is 5.95. The van der Waals surface area contributed by atoms with Gasteiger partial charge in [-0.1, -0.05) is 102 Å². The van der Waals surface area contributed by atoms with Crippen molar-refractivity contribution in [3.05, 3.63) is 60.7 Å². The van der Waals surface area contributed by atoms with Crippen LogP contribution in [0.5, 0.6) is 0 Å². The lowest BCUT2D eigenvalue weighted by atomic mass is 9.85. The summed E-state index contributed by atoms with van der Waals surface area (Å²) in [4.78, 5) is 28.5. The highest BCUT2D eigenvalue weighted by Gasteiger charge is 2.52. The minimum atomic E-state index is -2.71. The molecule has 39 heavy (non-hydrogen) atoms. The number of nitrogens with zero attached hydrogens (tertiary/aromatic N) is 1. The lowest BCUT2D eigenvalue weighted by Crippen LogP contribution is -2.68. The van der Waals surface area contributed by atoms with Crippen molar-refractivity contribution in [2.75, 3.05) is 7.05 Å². The SMILES string of the molecule is CC(C)[C@@H](C(=O)OC(C)(C)C)N(C)C(=O)C1CCCC(O[Si](c2ccccc2)(c2ccccc2)C(C)(C)C)C1. The molecule has 0 bridgehead atoms. The van der Waals surface area contributed by atoms with Crippen LogP contribution in [-0.4, -0.2) is 49.9 Å². The number of ether oxygens (including phenoxy) is 1. The monoisotopic (exact) mass is 551 g/mol. The second kappa shape index (κ2) is 12.4. The Kier molecular flexibility index (Phi) is 9.87. The number of esters is 1. The Balaban J connectivity index is 1.90. The first kappa shape index (κ1) is 31.1. The van der Waals surface area contributed by atoms with Gasteiger partial charge in [0.1, 0.15) is 11.6 Å². The summed E-state index contributed by atoms with van der Waals surface area (Å²) in [5.74, 6) is -0.572. The zero-order valence-electron chi connectivity index (χ0n) is 25.5. The Morgan fingerprint density at radius 3 is 1.82 bits per heavy atom. The first-order chi connectivity index (χ1) is 18.2. The molecule has 3 atom stereocenters. The zero-order chi connectivity index (χ0) is 29.0. The Hall–Kier alpha value is -2.44. The number of carbonyl (C=O) groups excluding carboxylic acids is 2. The lowest BCUT2D eigenvalue weighted by molar-refractivity contribution is -0.167. The first-order valence-electron chi connectivity index (χ1n) is 14.5. The number of likely N-dealkylation sites (N-methyl/N-ethyl adjacent to an activating group) is 1. The number of benzene rings is 2. The molecule has 214 valence electrons. The van der Waals surface area contributed by atoms with Crippen molar-refractivity contribution in [1.82, 2.24) is 4.90 Å². The molecule has 0 saturated heterocycles. The molecule has 1 aliphatic carbocycles. The molecule has 1 aliphatic rings. The Morgan fingerprint density at radius 2 is 1.38 bits per heavy atom. The normalized spacial score (nSPS) is 19.4. The summed E-state index contributed by atoms with van der Waals surface area (Å²) in [5, 5.41) is 2.38. The molecule has 3 rings (SSSR count). The quantitative estimate of drug-likeness (QED) is 0.301. The number of hydrogen-bond acceptors (Lipinski definition) is 4. The molecule has 6 heteroatoms. The van der Waals surface area contributed by atoms with Gasteiger partial charge in [0.25, 0.3) is 8.32 Å². The summed E-state index contributed by atoms with van der Waals surface area (Å²) in [7, 11) is -0.958. The van der Waals surface area contributed by atoms with Crippen LogP contribution in [0.15, 0.2) is 60.7 Å². The van der Waals surface area contributed by atoms with Crippen LogP contribution in [0.1, 0.15) is 81.1 Å². The first-order valence-corrected chi connectivity index (χ1v) is 16.4. The van der Waals surface area contributed by atoms with Crippen molar-refractivity contribution in [2.24, 2.45) is 11.8 Å². The van der Waals surface area contributed by atoms with Crippen LogP contribution in [0, 0.1) is 11.8 Å². The lowest BCUT2D eigenvalue weighted by Gasteiger charge is -2.46. The van der Waals surface area contributed by atoms with Gasteiger partial charge in [-0.2, -0.15) is 0 Å². The van der Waals surface area contributed by atoms with Crippen molar-refractivity contribution in [3.8, 4) is 0 Å². The molecular formula is C33H49NO4Si. The second-order valence-electron chi connectivity index (χ2n) is 13.4. The van der Waals surface area contributed by atoms with Gasteiger partial charge in [-0.3, -0.25) is 4.79 Å². The molecular weight excluding hydrogens is 502 g/mol. The fourth-order valence-corrected chi connectivity index (χ4v) is 10.8. The summed E-state index contributed by atoms with van der Waals surface area (Å²) >= 11 is 0. The van der Waals surface area contributed by atoms with Crippen LogP contribution in [0.4, 0.5) is 0 Å². The van der Waals surface area contributed by atoms with Crippen LogP contribution in [0.25, 0.3) is 0 Å². The molecule has 2 aromatic rings. The topological polar surface area (TPSA) is 55.8 Å². The molecule has 0 spiro atoms. The fraction of sp³-hybridized carbons (Fsp3) is 0.576. The second-order valence-corrected chi connectivity index (χ2v) is 17.7. The van der Waals surface area contributed by atoms with E-state index in [-0.39, 0.29) is 34.9 Å². The van der Waals surface area contributed by atoms with Crippen LogP contribution in [0.3, 0.4) is 0 Å². The smallest absolute Gasteiger partial charge is 0.329 e. The average Bonchev–Trinajstić information content (AvgIpc) is 2.86. The van der Waals surface area contributed by atoms with Gasteiger partial charge in [0.2, 0.25) is 5.91 Å². The number of rotatable bonds is 8. The Labute approximate surface area is 237 Å². The predicted molar refractivity (Wildman–Crippen MR) is 162 cm³/mol. The van der Waals surface area contributed by atoms with E-state index in [1.54, 1.807) is 11.9 Å². The van der Waals surface area contributed by atoms with E-state index >= 15 is 0 Å². The number of carbonyl (C=O) groups is 2. The van der Waals surface area contributed by atoms with Gasteiger partial charge in [0.05, 0.1) is 0 Å². The molecule has 0 aliphatic heterocycles. The van der Waals surface area contributed by atoms with E-state index in [1.165, 1.54) is 10.4 Å². The van der Waals surface area contributed by atoms with E-state index in [0.717, 1.165) is 19.3 Å².